The van der Waals surface area contributed by atoms with Crippen molar-refractivity contribution in [2.45, 2.75) is 31.0 Å². The summed E-state index contributed by atoms with van der Waals surface area (Å²) in [6.45, 7) is 3.79. The van der Waals surface area contributed by atoms with Gasteiger partial charge >= 0.3 is 0 Å². The lowest BCUT2D eigenvalue weighted by molar-refractivity contribution is -0.113. The van der Waals surface area contributed by atoms with Crippen LogP contribution in [0.25, 0.3) is 0 Å². The summed E-state index contributed by atoms with van der Waals surface area (Å²) >= 11 is 1.23. The van der Waals surface area contributed by atoms with E-state index in [4.69, 9.17) is 4.74 Å². The quantitative estimate of drug-likeness (QED) is 0.379. The van der Waals surface area contributed by atoms with Gasteiger partial charge in [-0.3, -0.25) is 9.59 Å². The van der Waals surface area contributed by atoms with Crippen LogP contribution in [0, 0.1) is 0 Å². The third-order valence-electron chi connectivity index (χ3n) is 5.21. The molecule has 0 radical (unpaired) electrons. The highest BCUT2D eigenvalue weighted by molar-refractivity contribution is 7.99. The van der Waals surface area contributed by atoms with Crippen LogP contribution in [0.5, 0.6) is 5.75 Å². The van der Waals surface area contributed by atoms with Crippen molar-refractivity contribution in [1.29, 1.82) is 0 Å². The molecule has 1 aromatic heterocycles. The van der Waals surface area contributed by atoms with Crippen LogP contribution in [0.2, 0.25) is 0 Å². The molecule has 0 saturated heterocycles. The van der Waals surface area contributed by atoms with Crippen molar-refractivity contribution < 1.29 is 19.4 Å². The average Bonchev–Trinajstić information content (AvgIpc) is 3.21. The lowest BCUT2D eigenvalue weighted by Crippen LogP contribution is -2.32. The van der Waals surface area contributed by atoms with Gasteiger partial charge in [-0.2, -0.15) is 0 Å². The van der Waals surface area contributed by atoms with Crippen molar-refractivity contribution in [3.63, 3.8) is 0 Å². The number of nitrogens with one attached hydrogen (secondary N) is 2. The maximum Gasteiger partial charge on any atom is 0.251 e. The highest BCUT2D eigenvalue weighted by Gasteiger charge is 2.22. The Balaban J connectivity index is 1.62. The van der Waals surface area contributed by atoms with E-state index in [9.17, 15) is 14.7 Å². The van der Waals surface area contributed by atoms with E-state index in [0.717, 1.165) is 11.3 Å². The van der Waals surface area contributed by atoms with Gasteiger partial charge in [0.2, 0.25) is 5.91 Å². The number of methoxy groups -OCH3 is 1. The second-order valence-electron chi connectivity index (χ2n) is 7.92. The van der Waals surface area contributed by atoms with Crippen molar-refractivity contribution in [3.05, 3.63) is 65.5 Å². The number of amides is 2. The van der Waals surface area contributed by atoms with Crippen molar-refractivity contribution in [2.24, 2.45) is 7.05 Å². The number of carbonyl (C=O) groups is 2. The Hall–Kier alpha value is -3.37. The first-order valence-corrected chi connectivity index (χ1v) is 11.8. The molecule has 1 atom stereocenters. The van der Waals surface area contributed by atoms with Gasteiger partial charge in [0.1, 0.15) is 11.8 Å². The van der Waals surface area contributed by atoms with Gasteiger partial charge in [0.05, 0.1) is 19.5 Å². The van der Waals surface area contributed by atoms with E-state index in [1.165, 1.54) is 11.8 Å². The van der Waals surface area contributed by atoms with Crippen LogP contribution in [0.15, 0.2) is 53.7 Å². The molecule has 3 rings (SSSR count). The number of aromatic nitrogens is 3. The van der Waals surface area contributed by atoms with Crippen LogP contribution in [0.1, 0.15) is 47.6 Å². The van der Waals surface area contributed by atoms with Gasteiger partial charge in [-0.1, -0.05) is 43.8 Å². The number of ether oxygens (including phenoxy) is 1. The molecule has 3 aromatic rings. The Kier molecular flexibility index (Phi) is 8.67. The number of aliphatic hydroxyl groups is 1. The summed E-state index contributed by atoms with van der Waals surface area (Å²) in [6.07, 6.45) is 0. The molecule has 180 valence electrons. The van der Waals surface area contributed by atoms with Gasteiger partial charge in [-0.25, -0.2) is 0 Å². The minimum Gasteiger partial charge on any atom is -0.497 e. The van der Waals surface area contributed by atoms with Crippen LogP contribution in [-0.4, -0.2) is 51.2 Å². The van der Waals surface area contributed by atoms with Crippen molar-refractivity contribution in [3.8, 4) is 5.75 Å². The lowest BCUT2D eigenvalue weighted by atomic mass is 10.0. The number of thioether (sulfide) groups is 1. The fraction of sp³-hybridized carbons (Fsp3) is 0.333. The van der Waals surface area contributed by atoms with Gasteiger partial charge in [0.25, 0.3) is 5.91 Å². The maximum atomic E-state index is 12.6. The Labute approximate surface area is 202 Å². The molecule has 3 N–H and O–H groups in total. The first-order valence-electron chi connectivity index (χ1n) is 10.8. The van der Waals surface area contributed by atoms with Crippen LogP contribution in [0.3, 0.4) is 0 Å². The summed E-state index contributed by atoms with van der Waals surface area (Å²) in [5, 5.41) is 24.3. The number of aliphatic hydroxyl groups excluding tert-OH is 1. The van der Waals surface area contributed by atoms with E-state index in [1.54, 1.807) is 43.0 Å². The monoisotopic (exact) mass is 483 g/mol. The summed E-state index contributed by atoms with van der Waals surface area (Å²) in [4.78, 5) is 25.1. The molecule has 0 unspecified atom stereocenters. The van der Waals surface area contributed by atoms with Crippen LogP contribution < -0.4 is 15.4 Å². The molecule has 0 spiro atoms. The van der Waals surface area contributed by atoms with Gasteiger partial charge < -0.3 is 25.0 Å². The normalized spacial score (nSPS) is 11.8. The minimum absolute atomic E-state index is 0.139. The highest BCUT2D eigenvalue weighted by atomic mass is 32.2. The van der Waals surface area contributed by atoms with Gasteiger partial charge in [0, 0.05) is 18.3 Å². The van der Waals surface area contributed by atoms with E-state index in [2.05, 4.69) is 34.7 Å². The van der Waals surface area contributed by atoms with Crippen LogP contribution >= 0.6 is 11.8 Å². The Morgan fingerprint density at radius 2 is 1.82 bits per heavy atom. The topological polar surface area (TPSA) is 118 Å². The Morgan fingerprint density at radius 1 is 1.12 bits per heavy atom. The molecule has 34 heavy (non-hydrogen) atoms. The molecule has 0 aliphatic carbocycles. The zero-order valence-electron chi connectivity index (χ0n) is 19.6. The fourth-order valence-corrected chi connectivity index (χ4v) is 4.08. The Morgan fingerprint density at radius 3 is 2.47 bits per heavy atom. The largest absolute Gasteiger partial charge is 0.497 e. The zero-order valence-corrected chi connectivity index (χ0v) is 20.4. The average molecular weight is 484 g/mol. The molecule has 2 amide bonds. The predicted octanol–water partition coefficient (Wildman–Crippen LogP) is 3.14. The summed E-state index contributed by atoms with van der Waals surface area (Å²) in [7, 11) is 3.28. The van der Waals surface area contributed by atoms with E-state index in [-0.39, 0.29) is 30.1 Å². The number of carbonyl (C=O) groups excluding carboxylic acids is 2. The number of hydrogen-bond acceptors (Lipinski definition) is 7. The second-order valence-corrected chi connectivity index (χ2v) is 8.86. The lowest BCUT2D eigenvalue weighted by Gasteiger charge is -2.16. The molecule has 0 saturated carbocycles. The summed E-state index contributed by atoms with van der Waals surface area (Å²) < 4.78 is 6.77. The molecule has 1 heterocycles. The first kappa shape index (κ1) is 25.3. The number of anilines is 1. The van der Waals surface area contributed by atoms with Crippen molar-refractivity contribution >= 4 is 29.3 Å². The number of para-hydroxylation sites is 1. The molecular formula is C24H29N5O4S. The van der Waals surface area contributed by atoms with Crippen molar-refractivity contribution in [1.82, 2.24) is 20.1 Å². The smallest absolute Gasteiger partial charge is 0.251 e. The summed E-state index contributed by atoms with van der Waals surface area (Å²) in [5.74, 6) is 0.935. The maximum absolute atomic E-state index is 12.6. The summed E-state index contributed by atoms with van der Waals surface area (Å²) in [6, 6.07) is 13.6. The highest BCUT2D eigenvalue weighted by Crippen LogP contribution is 2.25. The van der Waals surface area contributed by atoms with Crippen molar-refractivity contribution in [2.75, 3.05) is 24.8 Å². The van der Waals surface area contributed by atoms with Crippen LogP contribution in [-0.2, 0) is 11.8 Å². The molecule has 10 heteroatoms. The first-order chi connectivity index (χ1) is 16.3. The van der Waals surface area contributed by atoms with Gasteiger partial charge in [-0.05, 0) is 41.8 Å². The third kappa shape index (κ3) is 6.15. The molecule has 0 aliphatic rings. The SMILES string of the molecule is COc1ccc(C(=O)N[C@@H](CO)c2nnc(SCC(=O)Nc3ccccc3C(C)C)n2C)cc1. The molecule has 0 aliphatic heterocycles. The predicted molar refractivity (Wildman–Crippen MR) is 131 cm³/mol. The number of rotatable bonds is 10. The number of nitrogens with zero attached hydrogens (tertiary/aromatic N) is 3. The molecule has 9 nitrogen and oxygen atoms in total. The number of benzene rings is 2. The molecule has 0 bridgehead atoms. The van der Waals surface area contributed by atoms with Crippen LogP contribution in [0.4, 0.5) is 5.69 Å². The van der Waals surface area contributed by atoms with E-state index >= 15 is 0 Å². The third-order valence-corrected chi connectivity index (χ3v) is 6.23. The second kappa shape index (κ2) is 11.7. The number of hydrogen-bond donors (Lipinski definition) is 3. The minimum atomic E-state index is -0.756. The van der Waals surface area contributed by atoms with Gasteiger partial charge in [-0.15, -0.1) is 10.2 Å². The van der Waals surface area contributed by atoms with Gasteiger partial charge in [0.15, 0.2) is 11.0 Å². The fourth-order valence-electron chi connectivity index (χ4n) is 3.36. The Bertz CT molecular complexity index is 1130. The molecule has 0 fully saturated rings. The van der Waals surface area contributed by atoms with E-state index in [1.807, 2.05) is 24.3 Å². The summed E-state index contributed by atoms with van der Waals surface area (Å²) in [5.41, 5.74) is 2.29. The zero-order chi connectivity index (χ0) is 24.7. The molecule has 2 aromatic carbocycles. The molecular weight excluding hydrogens is 454 g/mol. The van der Waals surface area contributed by atoms with E-state index < -0.39 is 6.04 Å². The standard InChI is InChI=1S/C24H29N5O4S/c1-15(2)18-7-5-6-8-19(18)25-21(31)14-34-24-28-27-22(29(24)3)20(13-30)26-23(32)16-9-11-17(33-4)12-10-16/h5-12,15,20,30H,13-14H2,1-4H3,(H,25,31)(H,26,32)/t20-/m0/s1. The van der Waals surface area contributed by atoms with E-state index in [0.29, 0.717) is 22.3 Å².